The second kappa shape index (κ2) is 6.20. The molecule has 1 aromatic carbocycles. The molecule has 3 nitrogen and oxygen atoms in total. The molecule has 21 heavy (non-hydrogen) atoms. The molecule has 0 aliphatic carbocycles. The highest BCUT2D eigenvalue weighted by Gasteiger charge is 2.22. The van der Waals surface area contributed by atoms with Gasteiger partial charge in [-0.1, -0.05) is 24.9 Å². The quantitative estimate of drug-likeness (QED) is 0.851. The fraction of sp³-hybridized carbons (Fsp3) is 0.471. The summed E-state index contributed by atoms with van der Waals surface area (Å²) in [6.07, 6.45) is 6.46. The van der Waals surface area contributed by atoms with Crippen LogP contribution in [0.1, 0.15) is 38.2 Å². The van der Waals surface area contributed by atoms with Crippen molar-refractivity contribution in [1.82, 2.24) is 4.90 Å². The maximum Gasteiger partial charge on any atom is 0.197 e. The number of piperidine rings is 1. The van der Waals surface area contributed by atoms with E-state index in [-0.39, 0.29) is 5.43 Å². The Morgan fingerprint density at radius 1 is 1.38 bits per heavy atom. The Morgan fingerprint density at radius 3 is 3.05 bits per heavy atom. The van der Waals surface area contributed by atoms with Crippen molar-refractivity contribution < 1.29 is 4.42 Å². The van der Waals surface area contributed by atoms with Crippen LogP contribution in [0.5, 0.6) is 0 Å². The molecule has 1 saturated heterocycles. The number of likely N-dealkylation sites (tertiary alicyclic amines) is 1. The van der Waals surface area contributed by atoms with Gasteiger partial charge in [-0.2, -0.15) is 0 Å². The second-order valence-electron chi connectivity index (χ2n) is 5.76. The predicted octanol–water partition coefficient (Wildman–Crippen LogP) is 4.21. The first-order valence-corrected chi connectivity index (χ1v) is 8.01. The first kappa shape index (κ1) is 14.6. The number of hydrogen-bond acceptors (Lipinski definition) is 3. The van der Waals surface area contributed by atoms with Crippen LogP contribution in [0.2, 0.25) is 5.02 Å². The molecule has 112 valence electrons. The van der Waals surface area contributed by atoms with Gasteiger partial charge in [-0.05, 0) is 44.0 Å². The molecule has 2 aromatic rings. The van der Waals surface area contributed by atoms with E-state index in [0.717, 1.165) is 18.5 Å². The van der Waals surface area contributed by atoms with Crippen LogP contribution in [0.15, 0.2) is 33.7 Å². The topological polar surface area (TPSA) is 33.5 Å². The summed E-state index contributed by atoms with van der Waals surface area (Å²) in [6, 6.07) is 5.76. The third kappa shape index (κ3) is 2.99. The van der Waals surface area contributed by atoms with Crippen molar-refractivity contribution in [2.45, 2.75) is 45.2 Å². The van der Waals surface area contributed by atoms with Crippen LogP contribution in [0.25, 0.3) is 11.0 Å². The van der Waals surface area contributed by atoms with Gasteiger partial charge < -0.3 is 4.42 Å². The average molecular weight is 306 g/mol. The van der Waals surface area contributed by atoms with E-state index in [2.05, 4.69) is 11.8 Å². The molecule has 2 heterocycles. The van der Waals surface area contributed by atoms with Crippen LogP contribution < -0.4 is 5.43 Å². The van der Waals surface area contributed by atoms with Crippen molar-refractivity contribution in [1.29, 1.82) is 0 Å². The summed E-state index contributed by atoms with van der Waals surface area (Å²) in [5.74, 6) is 0. The summed E-state index contributed by atoms with van der Waals surface area (Å²) >= 11 is 5.99. The Morgan fingerprint density at radius 2 is 2.24 bits per heavy atom. The minimum absolute atomic E-state index is 0.0409. The maximum atomic E-state index is 12.6. The van der Waals surface area contributed by atoms with Crippen LogP contribution in [0.4, 0.5) is 0 Å². The molecule has 0 amide bonds. The normalized spacial score (nSPS) is 20.0. The van der Waals surface area contributed by atoms with Gasteiger partial charge in [0.1, 0.15) is 5.58 Å². The Hall–Kier alpha value is -1.32. The summed E-state index contributed by atoms with van der Waals surface area (Å²) in [5.41, 5.74) is 1.36. The molecule has 1 atom stereocenters. The molecule has 1 aliphatic rings. The third-order valence-corrected chi connectivity index (χ3v) is 4.63. The summed E-state index contributed by atoms with van der Waals surface area (Å²) in [6.45, 7) is 3.94. The molecule has 1 aromatic heterocycles. The molecule has 4 heteroatoms. The lowest BCUT2D eigenvalue weighted by Gasteiger charge is -2.34. The summed E-state index contributed by atoms with van der Waals surface area (Å²) in [4.78, 5) is 15.0. The van der Waals surface area contributed by atoms with Gasteiger partial charge in [0.2, 0.25) is 0 Å². The zero-order valence-electron chi connectivity index (χ0n) is 12.3. The lowest BCUT2D eigenvalue weighted by atomic mass is 9.99. The number of halogens is 1. The van der Waals surface area contributed by atoms with Crippen molar-refractivity contribution in [2.75, 3.05) is 6.54 Å². The van der Waals surface area contributed by atoms with Gasteiger partial charge in [-0.15, -0.1) is 0 Å². The van der Waals surface area contributed by atoms with Crippen LogP contribution in [0, 0.1) is 0 Å². The SMILES string of the molecule is CC[C@@H]1CCCCN1Cc1coc2ccc(Cl)cc2c1=O. The monoisotopic (exact) mass is 305 g/mol. The Balaban J connectivity index is 1.93. The highest BCUT2D eigenvalue weighted by Crippen LogP contribution is 2.22. The highest BCUT2D eigenvalue weighted by molar-refractivity contribution is 6.31. The van der Waals surface area contributed by atoms with Gasteiger partial charge in [0, 0.05) is 23.2 Å². The summed E-state index contributed by atoms with van der Waals surface area (Å²) in [7, 11) is 0. The van der Waals surface area contributed by atoms with E-state index in [4.69, 9.17) is 16.0 Å². The van der Waals surface area contributed by atoms with E-state index in [1.807, 2.05) is 0 Å². The standard InChI is InChI=1S/C17H20ClNO2/c1-2-14-5-3-4-8-19(14)10-12-11-21-16-7-6-13(18)9-15(16)17(12)20/h6-7,9,11,14H,2-5,8,10H2,1H3/t14-/m1/s1. The van der Waals surface area contributed by atoms with E-state index in [9.17, 15) is 4.79 Å². The molecular formula is C17H20ClNO2. The number of hydrogen-bond donors (Lipinski definition) is 0. The van der Waals surface area contributed by atoms with E-state index >= 15 is 0 Å². The predicted molar refractivity (Wildman–Crippen MR) is 85.8 cm³/mol. The number of benzene rings is 1. The van der Waals surface area contributed by atoms with Gasteiger partial charge in [0.05, 0.1) is 11.6 Å². The van der Waals surface area contributed by atoms with Crippen molar-refractivity contribution in [3.63, 3.8) is 0 Å². The molecule has 1 aliphatic heterocycles. The van der Waals surface area contributed by atoms with E-state index < -0.39 is 0 Å². The lowest BCUT2D eigenvalue weighted by Crippen LogP contribution is -2.39. The number of rotatable bonds is 3. The first-order valence-electron chi connectivity index (χ1n) is 7.63. The molecule has 0 unspecified atom stereocenters. The smallest absolute Gasteiger partial charge is 0.197 e. The Kier molecular flexibility index (Phi) is 4.32. The van der Waals surface area contributed by atoms with Gasteiger partial charge in [0.15, 0.2) is 5.43 Å². The Labute approximate surface area is 129 Å². The average Bonchev–Trinajstić information content (AvgIpc) is 2.51. The van der Waals surface area contributed by atoms with Gasteiger partial charge in [-0.25, -0.2) is 0 Å². The van der Waals surface area contributed by atoms with E-state index in [1.54, 1.807) is 24.5 Å². The van der Waals surface area contributed by atoms with Crippen LogP contribution in [-0.4, -0.2) is 17.5 Å². The fourth-order valence-corrected chi connectivity index (χ4v) is 3.37. The molecular weight excluding hydrogens is 286 g/mol. The van der Waals surface area contributed by atoms with Gasteiger partial charge in [-0.3, -0.25) is 9.69 Å². The number of nitrogens with zero attached hydrogens (tertiary/aromatic N) is 1. The van der Waals surface area contributed by atoms with E-state index in [0.29, 0.717) is 28.6 Å². The third-order valence-electron chi connectivity index (χ3n) is 4.40. The first-order chi connectivity index (χ1) is 10.2. The summed E-state index contributed by atoms with van der Waals surface area (Å²) in [5, 5.41) is 1.14. The zero-order valence-corrected chi connectivity index (χ0v) is 13.0. The minimum atomic E-state index is 0.0409. The minimum Gasteiger partial charge on any atom is -0.464 e. The highest BCUT2D eigenvalue weighted by atomic mass is 35.5. The van der Waals surface area contributed by atoms with Gasteiger partial charge >= 0.3 is 0 Å². The summed E-state index contributed by atoms with van der Waals surface area (Å²) < 4.78 is 5.60. The molecule has 0 radical (unpaired) electrons. The molecule has 0 spiro atoms. The molecule has 0 N–H and O–H groups in total. The molecule has 0 bridgehead atoms. The largest absolute Gasteiger partial charge is 0.464 e. The lowest BCUT2D eigenvalue weighted by molar-refractivity contribution is 0.135. The molecule has 1 fully saturated rings. The second-order valence-corrected chi connectivity index (χ2v) is 6.20. The van der Waals surface area contributed by atoms with Gasteiger partial charge in [0.25, 0.3) is 0 Å². The van der Waals surface area contributed by atoms with Crippen molar-refractivity contribution in [3.05, 3.63) is 45.3 Å². The van der Waals surface area contributed by atoms with Crippen molar-refractivity contribution >= 4 is 22.6 Å². The zero-order chi connectivity index (χ0) is 14.8. The van der Waals surface area contributed by atoms with Crippen LogP contribution in [-0.2, 0) is 6.54 Å². The number of fused-ring (bicyclic) bond motifs is 1. The van der Waals surface area contributed by atoms with Crippen molar-refractivity contribution in [2.24, 2.45) is 0 Å². The maximum absolute atomic E-state index is 12.6. The van der Waals surface area contributed by atoms with Crippen LogP contribution in [0.3, 0.4) is 0 Å². The molecule has 3 rings (SSSR count). The molecule has 0 saturated carbocycles. The van der Waals surface area contributed by atoms with E-state index in [1.165, 1.54) is 19.3 Å². The fourth-order valence-electron chi connectivity index (χ4n) is 3.20. The van der Waals surface area contributed by atoms with Crippen LogP contribution >= 0.6 is 11.6 Å². The Bertz CT molecular complexity index is 695. The van der Waals surface area contributed by atoms with Crippen molar-refractivity contribution in [3.8, 4) is 0 Å².